The number of nitrogens with zero attached hydrogens (tertiary/aromatic N) is 2. The number of thiophene rings is 1. The minimum Gasteiger partial charge on any atom is -0.497 e. The zero-order valence-corrected chi connectivity index (χ0v) is 22.5. The third-order valence-electron chi connectivity index (χ3n) is 5.61. The smallest absolute Gasteiger partial charge is 0.441 e. The van der Waals surface area contributed by atoms with Crippen LogP contribution in [0.4, 0.5) is 9.80 Å². The van der Waals surface area contributed by atoms with E-state index in [1.165, 1.54) is 11.8 Å². The van der Waals surface area contributed by atoms with E-state index in [0.717, 1.165) is 11.3 Å². The van der Waals surface area contributed by atoms with Gasteiger partial charge in [0.1, 0.15) is 16.4 Å². The lowest BCUT2D eigenvalue weighted by Crippen LogP contribution is -2.42. The molecule has 1 aliphatic rings. The number of esters is 1. The molecule has 4 rings (SSSR count). The molecule has 0 fully saturated rings. The first-order valence-corrected chi connectivity index (χ1v) is 12.7. The number of hydrogen-bond acceptors (Lipinski definition) is 9. The van der Waals surface area contributed by atoms with Crippen LogP contribution in [0.15, 0.2) is 33.6 Å². The Morgan fingerprint density at radius 2 is 1.92 bits per heavy atom. The first kappa shape index (κ1) is 26.9. The van der Waals surface area contributed by atoms with Crippen molar-refractivity contribution in [3.05, 3.63) is 56.4 Å². The quantitative estimate of drug-likeness (QED) is 0.355. The van der Waals surface area contributed by atoms with Gasteiger partial charge in [-0.15, -0.1) is 11.3 Å². The number of carbonyl (C=O) groups excluding carboxylic acids is 3. The number of benzene rings is 1. The van der Waals surface area contributed by atoms with Crippen LogP contribution in [0.3, 0.4) is 0 Å². The Bertz CT molecular complexity index is 1410. The summed E-state index contributed by atoms with van der Waals surface area (Å²) in [4.78, 5) is 53.6. The zero-order valence-electron chi connectivity index (χ0n) is 21.7. The Kier molecular flexibility index (Phi) is 7.58. The topological polar surface area (TPSA) is 144 Å². The number of nitrogens with one attached hydrogen (secondary N) is 2. The predicted molar refractivity (Wildman–Crippen MR) is 136 cm³/mol. The average Bonchev–Trinajstić information content (AvgIpc) is 3.42. The number of rotatable bonds is 6. The molecule has 3 heterocycles. The molecule has 38 heavy (non-hydrogen) atoms. The number of anilines is 1. The molecule has 1 aliphatic heterocycles. The van der Waals surface area contributed by atoms with Crippen molar-refractivity contribution in [3.8, 4) is 11.4 Å². The van der Waals surface area contributed by atoms with Crippen LogP contribution >= 0.6 is 11.3 Å². The molecule has 0 radical (unpaired) electrons. The molecule has 2 N–H and O–H groups in total. The van der Waals surface area contributed by atoms with Gasteiger partial charge in [-0.25, -0.2) is 14.4 Å². The minimum atomic E-state index is -0.895. The molecule has 3 aromatic rings. The van der Waals surface area contributed by atoms with Crippen molar-refractivity contribution in [1.82, 2.24) is 10.2 Å². The maximum atomic E-state index is 13.3. The second-order valence-electron chi connectivity index (χ2n) is 9.40. The Morgan fingerprint density at radius 1 is 1.21 bits per heavy atom. The summed E-state index contributed by atoms with van der Waals surface area (Å²) in [6.45, 7) is 7.71. The molecule has 1 aromatic carbocycles. The van der Waals surface area contributed by atoms with E-state index < -0.39 is 29.2 Å². The van der Waals surface area contributed by atoms with Gasteiger partial charge in [-0.3, -0.25) is 9.32 Å². The van der Waals surface area contributed by atoms with Crippen molar-refractivity contribution in [3.63, 3.8) is 0 Å². The number of amides is 2. The number of fused-ring (bicyclic) bond motifs is 1. The fourth-order valence-electron chi connectivity index (χ4n) is 3.94. The Hall–Kier alpha value is -4.13. The molecule has 202 valence electrons. The molecule has 0 saturated carbocycles. The molecule has 0 atom stereocenters. The fraction of sp³-hybridized carbons (Fsp3) is 0.400. The number of aromatic nitrogens is 2. The van der Waals surface area contributed by atoms with Gasteiger partial charge in [0, 0.05) is 23.6 Å². The fourth-order valence-corrected chi connectivity index (χ4v) is 5.18. The van der Waals surface area contributed by atoms with Crippen molar-refractivity contribution < 1.29 is 37.8 Å². The van der Waals surface area contributed by atoms with Crippen molar-refractivity contribution >= 4 is 34.3 Å². The van der Waals surface area contributed by atoms with Crippen LogP contribution in [0.2, 0.25) is 0 Å². The van der Waals surface area contributed by atoms with E-state index >= 15 is 0 Å². The van der Waals surface area contributed by atoms with E-state index in [9.17, 15) is 19.2 Å². The third-order valence-corrected chi connectivity index (χ3v) is 6.74. The summed E-state index contributed by atoms with van der Waals surface area (Å²) in [6, 6.07) is 6.61. The Labute approximate surface area is 222 Å². The monoisotopic (exact) mass is 545 g/mol. The maximum absolute atomic E-state index is 13.3. The summed E-state index contributed by atoms with van der Waals surface area (Å²) < 4.78 is 22.0. The van der Waals surface area contributed by atoms with Crippen molar-refractivity contribution in [1.29, 1.82) is 0 Å². The number of hydrogen-bond donors (Lipinski definition) is 2. The maximum Gasteiger partial charge on any atom is 0.441 e. The summed E-state index contributed by atoms with van der Waals surface area (Å²) >= 11 is 1.14. The van der Waals surface area contributed by atoms with Gasteiger partial charge in [-0.2, -0.15) is 0 Å². The van der Waals surface area contributed by atoms with Crippen LogP contribution < -0.4 is 20.4 Å². The van der Waals surface area contributed by atoms with Crippen LogP contribution in [0, 0.1) is 0 Å². The highest BCUT2D eigenvalue weighted by Gasteiger charge is 2.36. The Morgan fingerprint density at radius 3 is 2.55 bits per heavy atom. The second-order valence-corrected chi connectivity index (χ2v) is 10.5. The third kappa shape index (κ3) is 5.57. The van der Waals surface area contributed by atoms with Gasteiger partial charge in [0.05, 0.1) is 25.8 Å². The van der Waals surface area contributed by atoms with Gasteiger partial charge >= 0.3 is 29.3 Å². The van der Waals surface area contributed by atoms with Crippen molar-refractivity contribution in [2.45, 2.75) is 46.3 Å². The summed E-state index contributed by atoms with van der Waals surface area (Å²) in [7, 11) is 1.52. The molecule has 2 aromatic heterocycles. The highest BCUT2D eigenvalue weighted by Crippen LogP contribution is 2.38. The van der Waals surface area contributed by atoms with Crippen molar-refractivity contribution in [2.24, 2.45) is 0 Å². The van der Waals surface area contributed by atoms with Gasteiger partial charge in [0.15, 0.2) is 0 Å². The van der Waals surface area contributed by atoms with E-state index in [2.05, 4.69) is 10.6 Å². The number of aromatic amines is 1. The second kappa shape index (κ2) is 10.7. The SMILES string of the molecule is CCOC(=O)c1c(NC(=O)c2c(=O)o[nH][n+]2-c2ccc(OC)cc2)sc2c1CCN(C(=O)OC(C)(C)C)C2. The van der Waals surface area contributed by atoms with E-state index in [4.69, 9.17) is 18.7 Å². The normalized spacial score (nSPS) is 13.0. The van der Waals surface area contributed by atoms with Crippen molar-refractivity contribution in [2.75, 3.05) is 25.6 Å². The van der Waals surface area contributed by atoms with Crippen LogP contribution in [0.25, 0.3) is 5.69 Å². The van der Waals surface area contributed by atoms with Gasteiger partial charge in [-0.1, -0.05) is 0 Å². The largest absolute Gasteiger partial charge is 0.497 e. The van der Waals surface area contributed by atoms with E-state index in [1.807, 2.05) is 0 Å². The summed E-state index contributed by atoms with van der Waals surface area (Å²) in [5.41, 5.74) is -0.530. The lowest BCUT2D eigenvalue weighted by molar-refractivity contribution is -0.672. The zero-order chi connectivity index (χ0) is 27.6. The average molecular weight is 546 g/mol. The summed E-state index contributed by atoms with van der Waals surface area (Å²) in [5.74, 6) is -0.797. The minimum absolute atomic E-state index is 0.139. The van der Waals surface area contributed by atoms with Gasteiger partial charge in [0.25, 0.3) is 0 Å². The van der Waals surface area contributed by atoms with E-state index in [-0.39, 0.29) is 29.4 Å². The highest BCUT2D eigenvalue weighted by atomic mass is 32.1. The number of ether oxygens (including phenoxy) is 3. The van der Waals surface area contributed by atoms with Gasteiger partial charge < -0.3 is 24.4 Å². The van der Waals surface area contributed by atoms with Gasteiger partial charge in [-0.05, 0) is 61.8 Å². The summed E-state index contributed by atoms with van der Waals surface area (Å²) in [5, 5.41) is 5.32. The molecule has 0 unspecified atom stereocenters. The van der Waals surface area contributed by atoms with Crippen LogP contribution in [0.1, 0.15) is 59.0 Å². The number of methoxy groups -OCH3 is 1. The number of carbonyl (C=O) groups is 3. The molecular weight excluding hydrogens is 516 g/mol. The van der Waals surface area contributed by atoms with Gasteiger partial charge in [0.2, 0.25) is 5.69 Å². The number of H-pyrrole nitrogens is 1. The Balaban J connectivity index is 1.66. The first-order chi connectivity index (χ1) is 18.0. The molecule has 13 heteroatoms. The lowest BCUT2D eigenvalue weighted by atomic mass is 10.0. The first-order valence-electron chi connectivity index (χ1n) is 11.9. The lowest BCUT2D eigenvalue weighted by Gasteiger charge is -2.30. The van der Waals surface area contributed by atoms with E-state index in [1.54, 1.807) is 56.9 Å². The molecule has 2 amide bonds. The molecule has 0 bridgehead atoms. The standard InChI is InChI=1S/C25H28N4O8S/c1-6-35-22(31)18-16-11-12-28(24(33)36-25(2,3)4)13-17(16)38-21(18)26-20(30)19-23(32)37-27-29(19)14-7-9-15(34-5)10-8-14/h7-10H,6,11-13H2,1-5H3,(H-,26,27,30,31,32)/p+1. The highest BCUT2D eigenvalue weighted by molar-refractivity contribution is 7.17. The summed E-state index contributed by atoms with van der Waals surface area (Å²) in [6.07, 6.45) is -0.0990. The molecule has 0 spiro atoms. The van der Waals surface area contributed by atoms with E-state index in [0.29, 0.717) is 34.8 Å². The molecular formula is C25H29N4O8S+. The molecule has 0 saturated heterocycles. The molecule has 12 nitrogen and oxygen atoms in total. The van der Waals surface area contributed by atoms with Crippen LogP contribution in [-0.2, 0) is 22.4 Å². The predicted octanol–water partition coefficient (Wildman–Crippen LogP) is 3.04. The van der Waals surface area contributed by atoms with Crippen LogP contribution in [-0.4, -0.2) is 54.0 Å². The molecule has 0 aliphatic carbocycles. The van der Waals surface area contributed by atoms with Crippen LogP contribution in [0.5, 0.6) is 5.75 Å².